The molecule has 9 nitrogen and oxygen atoms in total. The van der Waals surface area contributed by atoms with Gasteiger partial charge in [-0.1, -0.05) is 18.2 Å². The smallest absolute Gasteiger partial charge is 0.347 e. The zero-order valence-electron chi connectivity index (χ0n) is 17.5. The Morgan fingerprint density at radius 2 is 1.75 bits per heavy atom. The molecule has 0 spiro atoms. The Morgan fingerprint density at radius 3 is 2.41 bits per heavy atom. The number of rotatable bonds is 1. The number of imide groups is 1. The van der Waals surface area contributed by atoms with Crippen molar-refractivity contribution in [3.63, 3.8) is 0 Å². The molecule has 2 fully saturated rings. The zero-order valence-corrected chi connectivity index (χ0v) is 19.0. The standard InChI is InChI=1S/C21H20Cl2N4O5/c1-10-8-11(4-5-14(10)28)15-12-6-7-26-18(31)25(3)19(32)27(26)13(12)9-20(22)16(29)24(2)17(30)21(15,20)23/h4-6,8,13,15,28H,7,9H2,1-3H3. The van der Waals surface area contributed by atoms with Crippen molar-refractivity contribution < 1.29 is 14.7 Å². The van der Waals surface area contributed by atoms with Gasteiger partial charge in [-0.2, -0.15) is 0 Å². The summed E-state index contributed by atoms with van der Waals surface area (Å²) in [6.07, 6.45) is 1.64. The van der Waals surface area contributed by atoms with Crippen molar-refractivity contribution in [2.75, 3.05) is 7.05 Å². The number of benzene rings is 1. The number of nitrogens with zero attached hydrogens (tertiary/aromatic N) is 4. The molecule has 1 aromatic carbocycles. The molecule has 2 aromatic rings. The highest BCUT2D eigenvalue weighted by atomic mass is 35.5. The van der Waals surface area contributed by atoms with Gasteiger partial charge in [-0.15, -0.1) is 23.2 Å². The Hall–Kier alpha value is -2.78. The third kappa shape index (κ3) is 2.25. The van der Waals surface area contributed by atoms with Gasteiger partial charge in [0.15, 0.2) is 9.75 Å². The maximum absolute atomic E-state index is 13.3. The molecular formula is C21H20Cl2N4O5. The number of phenolic OH excluding ortho intramolecular Hbond substituents is 1. The van der Waals surface area contributed by atoms with Gasteiger partial charge in [0, 0.05) is 26.4 Å². The molecule has 4 unspecified atom stereocenters. The molecule has 1 N–H and O–H groups in total. The number of hydrogen-bond donors (Lipinski definition) is 1. The average Bonchev–Trinajstić information content (AvgIpc) is 3.05. The van der Waals surface area contributed by atoms with Crippen LogP contribution in [-0.4, -0.2) is 52.5 Å². The number of alkyl halides is 2. The molecule has 1 aromatic heterocycles. The van der Waals surface area contributed by atoms with E-state index in [0.717, 1.165) is 9.47 Å². The predicted molar refractivity (Wildman–Crippen MR) is 116 cm³/mol. The van der Waals surface area contributed by atoms with Gasteiger partial charge < -0.3 is 5.11 Å². The van der Waals surface area contributed by atoms with Crippen LogP contribution in [0.3, 0.4) is 0 Å². The van der Waals surface area contributed by atoms with E-state index >= 15 is 0 Å². The SMILES string of the molecule is Cc1cc(C2C3=CCn4c(=O)n(C)c(=O)n4C3CC3(Cl)C(=O)N(C)C(=O)C23Cl)ccc1O. The highest BCUT2D eigenvalue weighted by Crippen LogP contribution is 2.63. The second kappa shape index (κ2) is 6.39. The first-order valence-corrected chi connectivity index (χ1v) is 10.8. The van der Waals surface area contributed by atoms with Gasteiger partial charge in [0.25, 0.3) is 11.8 Å². The number of carbonyl (C=O) groups excluding carboxylic acids is 2. The van der Waals surface area contributed by atoms with Crippen LogP contribution < -0.4 is 11.4 Å². The molecule has 0 radical (unpaired) electrons. The number of carbonyl (C=O) groups is 2. The number of fused-ring (bicyclic) bond motifs is 4. The van der Waals surface area contributed by atoms with Crippen molar-refractivity contribution in [3.05, 3.63) is 61.9 Å². The lowest BCUT2D eigenvalue weighted by Crippen LogP contribution is -2.59. The third-order valence-electron chi connectivity index (χ3n) is 7.03. The van der Waals surface area contributed by atoms with Crippen LogP contribution in [0.25, 0.3) is 0 Å². The maximum Gasteiger partial charge on any atom is 0.347 e. The van der Waals surface area contributed by atoms with Crippen LogP contribution >= 0.6 is 23.2 Å². The molecule has 2 aliphatic heterocycles. The molecule has 0 bridgehead atoms. The van der Waals surface area contributed by atoms with Gasteiger partial charge >= 0.3 is 11.4 Å². The average molecular weight is 479 g/mol. The highest BCUT2D eigenvalue weighted by molar-refractivity contribution is 6.53. The zero-order chi connectivity index (χ0) is 23.3. The molecule has 1 saturated heterocycles. The molecule has 3 heterocycles. The maximum atomic E-state index is 13.3. The number of aromatic nitrogens is 3. The lowest BCUT2D eigenvalue weighted by molar-refractivity contribution is -0.137. The Bertz CT molecular complexity index is 1370. The molecule has 3 aliphatic rings. The van der Waals surface area contributed by atoms with E-state index in [9.17, 15) is 24.3 Å². The summed E-state index contributed by atoms with van der Waals surface area (Å²) < 4.78 is 3.59. The minimum atomic E-state index is -1.84. The summed E-state index contributed by atoms with van der Waals surface area (Å²) in [5.74, 6) is -2.07. The number of halogens is 2. The minimum Gasteiger partial charge on any atom is -0.508 e. The Morgan fingerprint density at radius 1 is 1.06 bits per heavy atom. The number of likely N-dealkylation sites (tertiary alicyclic amines) is 1. The number of aromatic hydroxyl groups is 1. The van der Waals surface area contributed by atoms with Gasteiger partial charge in [0.1, 0.15) is 5.75 Å². The first-order chi connectivity index (χ1) is 14.9. The molecule has 1 saturated carbocycles. The molecular weight excluding hydrogens is 459 g/mol. The van der Waals surface area contributed by atoms with Gasteiger partial charge in [-0.25, -0.2) is 23.5 Å². The van der Waals surface area contributed by atoms with Gasteiger partial charge in [-0.3, -0.25) is 14.5 Å². The topological polar surface area (TPSA) is 107 Å². The molecule has 2 amide bonds. The van der Waals surface area contributed by atoms with Crippen molar-refractivity contribution in [1.29, 1.82) is 0 Å². The van der Waals surface area contributed by atoms with Crippen molar-refractivity contribution in [1.82, 2.24) is 18.8 Å². The van der Waals surface area contributed by atoms with Crippen molar-refractivity contribution >= 4 is 35.0 Å². The number of allylic oxidation sites excluding steroid dienone is 2. The summed E-state index contributed by atoms with van der Waals surface area (Å²) in [7, 11) is 2.71. The van der Waals surface area contributed by atoms with E-state index in [1.165, 1.54) is 29.5 Å². The van der Waals surface area contributed by atoms with Gasteiger partial charge in [-0.05, 0) is 29.7 Å². The van der Waals surface area contributed by atoms with Crippen molar-refractivity contribution in [3.8, 4) is 5.75 Å². The Labute approximate surface area is 192 Å². The molecule has 11 heteroatoms. The molecule has 1 aliphatic carbocycles. The quantitative estimate of drug-likeness (QED) is 0.373. The highest BCUT2D eigenvalue weighted by Gasteiger charge is 2.74. The van der Waals surface area contributed by atoms with Crippen molar-refractivity contribution in [2.24, 2.45) is 7.05 Å². The second-order valence-electron chi connectivity index (χ2n) is 8.64. The molecule has 4 atom stereocenters. The fourth-order valence-corrected chi connectivity index (χ4v) is 6.35. The first kappa shape index (κ1) is 21.1. The summed E-state index contributed by atoms with van der Waals surface area (Å²) >= 11 is 14.0. The minimum absolute atomic E-state index is 0.0681. The molecule has 168 valence electrons. The predicted octanol–water partition coefficient (Wildman–Crippen LogP) is 0.985. The lowest BCUT2D eigenvalue weighted by atomic mass is 9.64. The lowest BCUT2D eigenvalue weighted by Gasteiger charge is -2.49. The molecule has 5 rings (SSSR count). The largest absolute Gasteiger partial charge is 0.508 e. The van der Waals surface area contributed by atoms with E-state index < -0.39 is 44.9 Å². The second-order valence-corrected chi connectivity index (χ2v) is 9.88. The van der Waals surface area contributed by atoms with Gasteiger partial charge in [0.05, 0.1) is 12.6 Å². The third-order valence-corrected chi connectivity index (χ3v) is 8.44. The van der Waals surface area contributed by atoms with Crippen LogP contribution in [0, 0.1) is 6.92 Å². The fourth-order valence-electron chi connectivity index (χ4n) is 5.35. The number of aryl methyl sites for hydroxylation is 1. The van der Waals surface area contributed by atoms with E-state index in [1.54, 1.807) is 25.1 Å². The number of amides is 2. The van der Waals surface area contributed by atoms with E-state index in [2.05, 4.69) is 0 Å². The summed E-state index contributed by atoms with van der Waals surface area (Å²) in [4.78, 5) is 49.2. The van der Waals surface area contributed by atoms with Crippen LogP contribution in [0.5, 0.6) is 5.75 Å². The summed E-state index contributed by atoms with van der Waals surface area (Å²) in [5, 5.41) is 10.0. The summed E-state index contributed by atoms with van der Waals surface area (Å²) in [6.45, 7) is 1.81. The summed E-state index contributed by atoms with van der Waals surface area (Å²) in [6, 6.07) is 4.06. The first-order valence-electron chi connectivity index (χ1n) is 10.0. The number of phenols is 1. The van der Waals surface area contributed by atoms with Crippen LogP contribution in [0.2, 0.25) is 0 Å². The Balaban J connectivity index is 1.83. The van der Waals surface area contributed by atoms with Crippen LogP contribution in [0.1, 0.15) is 29.5 Å². The van der Waals surface area contributed by atoms with Crippen LogP contribution in [0.4, 0.5) is 0 Å². The Kier molecular flexibility index (Phi) is 4.21. The summed E-state index contributed by atoms with van der Waals surface area (Å²) in [5.41, 5.74) is 0.733. The molecule has 32 heavy (non-hydrogen) atoms. The van der Waals surface area contributed by atoms with E-state index in [-0.39, 0.29) is 18.7 Å². The monoisotopic (exact) mass is 478 g/mol. The van der Waals surface area contributed by atoms with Crippen molar-refractivity contribution in [2.45, 2.75) is 41.6 Å². The number of hydrogen-bond acceptors (Lipinski definition) is 5. The van der Waals surface area contributed by atoms with E-state index in [1.807, 2.05) is 0 Å². The van der Waals surface area contributed by atoms with Crippen LogP contribution in [-0.2, 0) is 23.2 Å². The van der Waals surface area contributed by atoms with Crippen LogP contribution in [0.15, 0.2) is 39.4 Å². The normalized spacial score (nSPS) is 31.3. The fraction of sp³-hybridized carbons (Fsp3) is 0.429. The van der Waals surface area contributed by atoms with Gasteiger partial charge in [0.2, 0.25) is 0 Å². The van der Waals surface area contributed by atoms with E-state index in [0.29, 0.717) is 16.7 Å². The van der Waals surface area contributed by atoms with E-state index in [4.69, 9.17) is 23.2 Å².